The van der Waals surface area contributed by atoms with Gasteiger partial charge < -0.3 is 9.32 Å². The fourth-order valence-electron chi connectivity index (χ4n) is 8.23. The molecule has 0 aliphatic heterocycles. The van der Waals surface area contributed by atoms with Crippen LogP contribution in [0.2, 0.25) is 0 Å². The Bertz CT molecular complexity index is 2710. The van der Waals surface area contributed by atoms with Crippen LogP contribution in [0.4, 0.5) is 11.4 Å². The lowest BCUT2D eigenvalue weighted by Gasteiger charge is -2.38. The minimum absolute atomic E-state index is 0.00148. The van der Waals surface area contributed by atoms with Gasteiger partial charge in [0, 0.05) is 39.9 Å². The third-order valence-corrected chi connectivity index (χ3v) is 10.6. The molecule has 1 heterocycles. The predicted octanol–water partition coefficient (Wildman–Crippen LogP) is 13.7. The number of furan rings is 1. The maximum Gasteiger partial charge on any atom is 0.139 e. The quantitative estimate of drug-likeness (QED) is 0.176. The smallest absolute Gasteiger partial charge is 0.139 e. The Morgan fingerprint density at radius 2 is 1.06 bits per heavy atom. The van der Waals surface area contributed by atoms with Gasteiger partial charge in [-0.15, -0.1) is 0 Å². The van der Waals surface area contributed by atoms with Crippen molar-refractivity contribution in [3.63, 3.8) is 0 Å². The molecule has 0 spiro atoms. The zero-order chi connectivity index (χ0) is 34.4. The van der Waals surface area contributed by atoms with Gasteiger partial charge in [-0.05, 0) is 74.5 Å². The summed E-state index contributed by atoms with van der Waals surface area (Å²) in [5, 5.41) is 3.68. The first-order chi connectivity index (χ1) is 25.8. The summed E-state index contributed by atoms with van der Waals surface area (Å²) < 4.78 is 6.85. The Balaban J connectivity index is 1.19. The van der Waals surface area contributed by atoms with E-state index in [0.717, 1.165) is 29.0 Å². The zero-order valence-corrected chi connectivity index (χ0v) is 28.6. The average molecular weight is 666 g/mol. The predicted molar refractivity (Wildman–Crippen MR) is 217 cm³/mol. The molecule has 0 bridgehead atoms. The van der Waals surface area contributed by atoms with E-state index in [1.165, 1.54) is 66.4 Å². The molecule has 1 aliphatic rings. The minimum Gasteiger partial charge on any atom is -0.456 e. The molecular formula is C50H35NO. The number of anilines is 2. The first kappa shape index (κ1) is 30.2. The lowest BCUT2D eigenvalue weighted by atomic mass is 9.82. The van der Waals surface area contributed by atoms with E-state index in [0.29, 0.717) is 0 Å². The van der Waals surface area contributed by atoms with Crippen LogP contribution in [0.1, 0.15) is 17.2 Å². The normalized spacial score (nSPS) is 13.5. The molecule has 246 valence electrons. The summed E-state index contributed by atoms with van der Waals surface area (Å²) in [5.41, 5.74) is 14.1. The number of hydrogen-bond donors (Lipinski definition) is 0. The Hall–Kier alpha value is -6.64. The molecule has 8 aromatic carbocycles. The van der Waals surface area contributed by atoms with E-state index in [1.54, 1.807) is 0 Å². The standard InChI is InChI=1S/C50H35NO/c1-3-14-34(15-4-1)36-28-30-40(31-29-36)51(46-24-12-11-20-41(46)37-17-5-2-6-18-37)47-33-45-49-42(39-27-26-35-16-7-8-19-38(35)32-39)23-13-25-48(49)52-50(45)44-22-10-9-21-43(44)47/h1-32,47H,33H2. The van der Waals surface area contributed by atoms with E-state index >= 15 is 0 Å². The number of benzene rings is 8. The van der Waals surface area contributed by atoms with Gasteiger partial charge in [0.15, 0.2) is 0 Å². The van der Waals surface area contributed by atoms with E-state index in [1.807, 2.05) is 0 Å². The van der Waals surface area contributed by atoms with Crippen LogP contribution in [-0.2, 0) is 6.42 Å². The summed E-state index contributed by atoms with van der Waals surface area (Å²) in [4.78, 5) is 2.57. The molecule has 2 heteroatoms. The minimum atomic E-state index is 0.00148. The molecule has 10 rings (SSSR count). The summed E-state index contributed by atoms with van der Waals surface area (Å²) in [6.45, 7) is 0. The summed E-state index contributed by atoms with van der Waals surface area (Å²) in [6, 6.07) is 70.0. The molecular weight excluding hydrogens is 631 g/mol. The van der Waals surface area contributed by atoms with Crippen LogP contribution in [0.25, 0.3) is 66.4 Å². The Kier molecular flexibility index (Phi) is 7.32. The Morgan fingerprint density at radius 1 is 0.442 bits per heavy atom. The fourth-order valence-corrected chi connectivity index (χ4v) is 8.23. The molecule has 9 aromatic rings. The topological polar surface area (TPSA) is 16.4 Å². The van der Waals surface area contributed by atoms with Crippen LogP contribution in [0.5, 0.6) is 0 Å². The van der Waals surface area contributed by atoms with Crippen molar-refractivity contribution >= 4 is 33.1 Å². The van der Waals surface area contributed by atoms with Gasteiger partial charge in [-0.1, -0.05) is 164 Å². The molecule has 1 aliphatic carbocycles. The number of rotatable bonds is 6. The van der Waals surface area contributed by atoms with Crippen LogP contribution in [0.3, 0.4) is 0 Å². The van der Waals surface area contributed by atoms with Crippen molar-refractivity contribution < 1.29 is 4.42 Å². The van der Waals surface area contributed by atoms with E-state index < -0.39 is 0 Å². The molecule has 1 aromatic heterocycles. The van der Waals surface area contributed by atoms with Crippen LogP contribution < -0.4 is 4.90 Å². The lowest BCUT2D eigenvalue weighted by Crippen LogP contribution is -2.28. The Labute approximate surface area is 303 Å². The molecule has 1 unspecified atom stereocenters. The van der Waals surface area contributed by atoms with Crippen LogP contribution >= 0.6 is 0 Å². The highest BCUT2D eigenvalue weighted by Gasteiger charge is 2.35. The second-order valence-corrected chi connectivity index (χ2v) is 13.6. The fraction of sp³-hybridized carbons (Fsp3) is 0.0400. The van der Waals surface area contributed by atoms with Crippen LogP contribution in [-0.4, -0.2) is 0 Å². The summed E-state index contributed by atoms with van der Waals surface area (Å²) >= 11 is 0. The van der Waals surface area contributed by atoms with Gasteiger partial charge in [-0.3, -0.25) is 0 Å². The van der Waals surface area contributed by atoms with Crippen molar-refractivity contribution in [2.24, 2.45) is 0 Å². The molecule has 2 nitrogen and oxygen atoms in total. The van der Waals surface area contributed by atoms with Gasteiger partial charge in [-0.25, -0.2) is 0 Å². The van der Waals surface area contributed by atoms with Crippen LogP contribution in [0, 0.1) is 0 Å². The number of hydrogen-bond acceptors (Lipinski definition) is 2. The molecule has 0 saturated carbocycles. The molecule has 1 atom stereocenters. The molecule has 0 N–H and O–H groups in total. The SMILES string of the molecule is c1ccc(-c2ccc(N(c3ccccc3-c3ccccc3)C3Cc4c(oc5cccc(-c6ccc7ccccc7c6)c45)-c4ccccc43)cc2)cc1. The summed E-state index contributed by atoms with van der Waals surface area (Å²) in [7, 11) is 0. The van der Waals surface area contributed by atoms with Gasteiger partial charge in [0.2, 0.25) is 0 Å². The third-order valence-electron chi connectivity index (χ3n) is 10.6. The van der Waals surface area contributed by atoms with Crippen LogP contribution in [0.15, 0.2) is 199 Å². The van der Waals surface area contributed by atoms with E-state index in [9.17, 15) is 0 Å². The average Bonchev–Trinajstić information content (AvgIpc) is 3.61. The van der Waals surface area contributed by atoms with Gasteiger partial charge in [-0.2, -0.15) is 0 Å². The monoisotopic (exact) mass is 665 g/mol. The Morgan fingerprint density at radius 3 is 1.87 bits per heavy atom. The second kappa shape index (κ2) is 12.6. The molecule has 52 heavy (non-hydrogen) atoms. The number of fused-ring (bicyclic) bond motifs is 6. The molecule has 0 amide bonds. The summed E-state index contributed by atoms with van der Waals surface area (Å²) in [5.74, 6) is 0.978. The van der Waals surface area contributed by atoms with E-state index in [-0.39, 0.29) is 6.04 Å². The van der Waals surface area contributed by atoms with Crippen molar-refractivity contribution in [2.75, 3.05) is 4.90 Å². The first-order valence-electron chi connectivity index (χ1n) is 18.0. The highest BCUT2D eigenvalue weighted by atomic mass is 16.3. The third kappa shape index (κ3) is 5.11. The number of nitrogens with zero attached hydrogens (tertiary/aromatic N) is 1. The van der Waals surface area contributed by atoms with E-state index in [2.05, 4.69) is 199 Å². The first-order valence-corrected chi connectivity index (χ1v) is 18.0. The van der Waals surface area contributed by atoms with Crippen molar-refractivity contribution in [3.8, 4) is 44.7 Å². The number of para-hydroxylation sites is 1. The maximum atomic E-state index is 6.85. The van der Waals surface area contributed by atoms with Gasteiger partial charge in [0.1, 0.15) is 11.3 Å². The molecule has 0 saturated heterocycles. The van der Waals surface area contributed by atoms with Crippen molar-refractivity contribution in [2.45, 2.75) is 12.5 Å². The highest BCUT2D eigenvalue weighted by molar-refractivity contribution is 6.02. The largest absolute Gasteiger partial charge is 0.456 e. The van der Waals surface area contributed by atoms with Crippen molar-refractivity contribution in [1.82, 2.24) is 0 Å². The second-order valence-electron chi connectivity index (χ2n) is 13.6. The maximum absolute atomic E-state index is 6.85. The zero-order valence-electron chi connectivity index (χ0n) is 28.6. The summed E-state index contributed by atoms with van der Waals surface area (Å²) in [6.07, 6.45) is 0.785. The molecule has 0 radical (unpaired) electrons. The van der Waals surface area contributed by atoms with Gasteiger partial charge >= 0.3 is 0 Å². The van der Waals surface area contributed by atoms with Gasteiger partial charge in [0.25, 0.3) is 0 Å². The van der Waals surface area contributed by atoms with E-state index in [4.69, 9.17) is 4.42 Å². The van der Waals surface area contributed by atoms with Gasteiger partial charge in [0.05, 0.1) is 6.04 Å². The van der Waals surface area contributed by atoms with Crippen molar-refractivity contribution in [3.05, 3.63) is 205 Å². The lowest BCUT2D eigenvalue weighted by molar-refractivity contribution is 0.603. The molecule has 0 fully saturated rings. The highest BCUT2D eigenvalue weighted by Crippen LogP contribution is 2.51. The van der Waals surface area contributed by atoms with Crippen molar-refractivity contribution in [1.29, 1.82) is 0 Å².